The third-order valence-corrected chi connectivity index (χ3v) is 6.11. The smallest absolute Gasteiger partial charge is 0.416 e. The van der Waals surface area contributed by atoms with E-state index in [1.807, 2.05) is 19.1 Å². The summed E-state index contributed by atoms with van der Waals surface area (Å²) >= 11 is 1.51. The molecule has 33 heavy (non-hydrogen) atoms. The quantitative estimate of drug-likeness (QED) is 0.403. The molecule has 0 aromatic heterocycles. The Morgan fingerprint density at radius 2 is 1.85 bits per heavy atom. The van der Waals surface area contributed by atoms with Crippen molar-refractivity contribution >= 4 is 17.7 Å². The van der Waals surface area contributed by atoms with E-state index in [-0.39, 0.29) is 24.5 Å². The molecule has 178 valence electrons. The number of halogens is 3. The van der Waals surface area contributed by atoms with Gasteiger partial charge in [0.15, 0.2) is 5.60 Å². The fourth-order valence-corrected chi connectivity index (χ4v) is 3.98. The summed E-state index contributed by atoms with van der Waals surface area (Å²) in [6.07, 6.45) is -4.18. The van der Waals surface area contributed by atoms with Gasteiger partial charge in [0.2, 0.25) is 0 Å². The van der Waals surface area contributed by atoms with Crippen LogP contribution in [0.2, 0.25) is 0 Å². The van der Waals surface area contributed by atoms with Crippen molar-refractivity contribution in [2.24, 2.45) is 5.92 Å². The number of aryl methyl sites for hydroxylation is 2. The number of benzene rings is 2. The van der Waals surface area contributed by atoms with Crippen molar-refractivity contribution in [2.45, 2.75) is 50.8 Å². The molecular formula is C24H26F3NO4S. The van der Waals surface area contributed by atoms with Gasteiger partial charge in [0, 0.05) is 23.0 Å². The summed E-state index contributed by atoms with van der Waals surface area (Å²) in [7, 11) is 0. The van der Waals surface area contributed by atoms with E-state index in [0.717, 1.165) is 16.5 Å². The van der Waals surface area contributed by atoms with Crippen LogP contribution >= 0.6 is 11.8 Å². The van der Waals surface area contributed by atoms with Crippen LogP contribution in [0, 0.1) is 31.1 Å². The Balaban J connectivity index is 1.99. The Hall–Kier alpha value is -2.86. The highest BCUT2D eigenvalue weighted by atomic mass is 32.2. The van der Waals surface area contributed by atoms with E-state index in [0.29, 0.717) is 17.3 Å². The second kappa shape index (κ2) is 10.8. The van der Waals surface area contributed by atoms with Crippen LogP contribution in [-0.2, 0) is 11.0 Å². The molecule has 0 heterocycles. The normalized spacial score (nSPS) is 12.7. The Kier molecular flexibility index (Phi) is 8.67. The van der Waals surface area contributed by atoms with E-state index in [2.05, 4.69) is 6.07 Å². The number of rotatable bonds is 10. The zero-order valence-electron chi connectivity index (χ0n) is 18.8. The molecule has 1 atom stereocenters. The molecule has 0 aliphatic carbocycles. The largest absolute Gasteiger partial charge is 0.493 e. The number of ether oxygens (including phenoxy) is 2. The molecule has 0 bridgehead atoms. The third-order valence-electron chi connectivity index (χ3n) is 4.88. The third kappa shape index (κ3) is 7.60. The first-order valence-electron chi connectivity index (χ1n) is 10.2. The molecule has 0 fully saturated rings. The number of hydrogen-bond acceptors (Lipinski definition) is 5. The topological polar surface area (TPSA) is 79.5 Å². The lowest BCUT2D eigenvalue weighted by atomic mass is 10.1. The molecule has 0 aliphatic heterocycles. The lowest BCUT2D eigenvalue weighted by molar-refractivity contribution is -0.152. The lowest BCUT2D eigenvalue weighted by Gasteiger charge is -2.23. The zero-order valence-corrected chi connectivity index (χ0v) is 19.6. The zero-order chi connectivity index (χ0) is 24.8. The number of nitrogens with zero attached hydrogens (tertiary/aromatic N) is 1. The van der Waals surface area contributed by atoms with E-state index in [4.69, 9.17) is 14.7 Å². The van der Waals surface area contributed by atoms with Crippen LogP contribution in [0.5, 0.6) is 11.5 Å². The van der Waals surface area contributed by atoms with Crippen molar-refractivity contribution in [1.29, 1.82) is 5.26 Å². The van der Waals surface area contributed by atoms with Gasteiger partial charge < -0.3 is 14.6 Å². The van der Waals surface area contributed by atoms with Gasteiger partial charge in [0.05, 0.1) is 18.2 Å². The van der Waals surface area contributed by atoms with E-state index < -0.39 is 23.3 Å². The first kappa shape index (κ1) is 26.4. The molecule has 0 radical (unpaired) electrons. The van der Waals surface area contributed by atoms with E-state index in [1.54, 1.807) is 6.07 Å². The van der Waals surface area contributed by atoms with E-state index in [9.17, 15) is 23.1 Å². The monoisotopic (exact) mass is 481 g/mol. The summed E-state index contributed by atoms with van der Waals surface area (Å²) in [6, 6.07) is 11.2. The fraction of sp³-hybridized carbons (Fsp3) is 0.417. The highest BCUT2D eigenvalue weighted by Gasteiger charge is 2.32. The minimum absolute atomic E-state index is 0.0788. The van der Waals surface area contributed by atoms with E-state index >= 15 is 0 Å². The molecule has 0 spiro atoms. The Bertz CT molecular complexity index is 1030. The SMILES string of the molecule is Cc1cc(SCC(CC#N)COc2ccc(C(F)(F)F)c(C)c2)ccc1OC(C)(C)C(=O)O. The van der Waals surface area contributed by atoms with Gasteiger partial charge >= 0.3 is 12.1 Å². The summed E-state index contributed by atoms with van der Waals surface area (Å²) in [5.41, 5.74) is -1.20. The van der Waals surface area contributed by atoms with Gasteiger partial charge in [0.25, 0.3) is 0 Å². The Morgan fingerprint density at radius 3 is 2.39 bits per heavy atom. The molecule has 1 N–H and O–H groups in total. The molecule has 9 heteroatoms. The maximum atomic E-state index is 12.9. The first-order chi connectivity index (χ1) is 15.3. The van der Waals surface area contributed by atoms with Crippen LogP contribution in [0.3, 0.4) is 0 Å². The lowest BCUT2D eigenvalue weighted by Crippen LogP contribution is -2.38. The number of carboxylic acids is 1. The summed E-state index contributed by atoms with van der Waals surface area (Å²) in [4.78, 5) is 12.2. The van der Waals surface area contributed by atoms with Crippen molar-refractivity contribution in [3.8, 4) is 17.6 Å². The van der Waals surface area contributed by atoms with Gasteiger partial charge in [-0.1, -0.05) is 0 Å². The summed E-state index contributed by atoms with van der Waals surface area (Å²) in [5.74, 6) is 0.161. The molecule has 2 aromatic carbocycles. The number of carbonyl (C=O) groups is 1. The van der Waals surface area contributed by atoms with Crippen LogP contribution in [-0.4, -0.2) is 29.0 Å². The molecule has 0 saturated carbocycles. The van der Waals surface area contributed by atoms with Crippen molar-refractivity contribution in [3.63, 3.8) is 0 Å². The van der Waals surface area contributed by atoms with Gasteiger partial charge in [-0.25, -0.2) is 4.79 Å². The second-order valence-electron chi connectivity index (χ2n) is 8.17. The average molecular weight is 482 g/mol. The molecule has 0 saturated heterocycles. The molecule has 5 nitrogen and oxygen atoms in total. The molecule has 0 aliphatic rings. The van der Waals surface area contributed by atoms with Crippen molar-refractivity contribution in [2.75, 3.05) is 12.4 Å². The molecule has 2 rings (SSSR count). The highest BCUT2D eigenvalue weighted by Crippen LogP contribution is 2.34. The van der Waals surface area contributed by atoms with E-state index in [1.165, 1.54) is 44.7 Å². The van der Waals surface area contributed by atoms with Crippen molar-refractivity contribution < 1.29 is 32.5 Å². The Labute approximate surface area is 195 Å². The predicted molar refractivity (Wildman–Crippen MR) is 120 cm³/mol. The van der Waals surface area contributed by atoms with Gasteiger partial charge in [0.1, 0.15) is 11.5 Å². The Morgan fingerprint density at radius 1 is 1.15 bits per heavy atom. The fourth-order valence-electron chi connectivity index (χ4n) is 2.91. The first-order valence-corrected chi connectivity index (χ1v) is 11.2. The van der Waals surface area contributed by atoms with Gasteiger partial charge in [-0.15, -0.1) is 11.8 Å². The summed E-state index contributed by atoms with van der Waals surface area (Å²) in [5, 5.41) is 18.4. The van der Waals surface area contributed by atoms with Gasteiger partial charge in [-0.2, -0.15) is 18.4 Å². The molecule has 0 amide bonds. The van der Waals surface area contributed by atoms with Crippen LogP contribution < -0.4 is 9.47 Å². The minimum atomic E-state index is -4.41. The van der Waals surface area contributed by atoms with Crippen LogP contribution in [0.4, 0.5) is 13.2 Å². The average Bonchev–Trinajstić information content (AvgIpc) is 2.70. The van der Waals surface area contributed by atoms with Crippen LogP contribution in [0.25, 0.3) is 0 Å². The minimum Gasteiger partial charge on any atom is -0.493 e. The molecular weight excluding hydrogens is 455 g/mol. The summed E-state index contributed by atoms with van der Waals surface area (Å²) < 4.78 is 50.0. The number of thioether (sulfide) groups is 1. The van der Waals surface area contributed by atoms with Crippen LogP contribution in [0.1, 0.15) is 37.0 Å². The maximum Gasteiger partial charge on any atom is 0.416 e. The standard InChI is InChI=1S/C24H26F3NO4S/c1-15-11-18(5-7-20(15)24(25,26)27)31-13-17(9-10-28)14-33-19-6-8-21(16(2)12-19)32-23(3,4)22(29)30/h5-8,11-12,17H,9,13-14H2,1-4H3,(H,29,30). The second-order valence-corrected chi connectivity index (χ2v) is 9.26. The maximum absolute atomic E-state index is 12.9. The summed E-state index contributed by atoms with van der Waals surface area (Å²) in [6.45, 7) is 6.34. The number of carboxylic acid groups (broad SMARTS) is 1. The van der Waals surface area contributed by atoms with Gasteiger partial charge in [-0.05, 0) is 75.2 Å². The number of nitriles is 1. The highest BCUT2D eigenvalue weighted by molar-refractivity contribution is 7.99. The number of aliphatic carboxylic acids is 1. The number of hydrogen-bond donors (Lipinski definition) is 1. The van der Waals surface area contributed by atoms with Crippen molar-refractivity contribution in [3.05, 3.63) is 53.1 Å². The van der Waals surface area contributed by atoms with Gasteiger partial charge in [-0.3, -0.25) is 0 Å². The molecule has 2 aromatic rings. The number of alkyl halides is 3. The van der Waals surface area contributed by atoms with Crippen molar-refractivity contribution in [1.82, 2.24) is 0 Å². The predicted octanol–water partition coefficient (Wildman–Crippen LogP) is 6.27. The molecule has 1 unspecified atom stereocenters. The van der Waals surface area contributed by atoms with Crippen LogP contribution in [0.15, 0.2) is 41.3 Å².